The van der Waals surface area contributed by atoms with Gasteiger partial charge in [0.05, 0.1) is 5.41 Å². The van der Waals surface area contributed by atoms with Crippen LogP contribution in [0.25, 0.3) is 0 Å². The van der Waals surface area contributed by atoms with Crippen LogP contribution >= 0.6 is 0 Å². The zero-order valence-corrected chi connectivity index (χ0v) is 10.6. The number of carbonyl (C=O) groups excluding carboxylic acids is 1. The fourth-order valence-corrected chi connectivity index (χ4v) is 1.32. The summed E-state index contributed by atoms with van der Waals surface area (Å²) >= 11 is 0. The van der Waals surface area contributed by atoms with E-state index in [2.05, 4.69) is 19.2 Å². The lowest BCUT2D eigenvalue weighted by molar-refractivity contribution is -0.129. The van der Waals surface area contributed by atoms with Gasteiger partial charge in [-0.1, -0.05) is 20.8 Å². The molecule has 1 amide bonds. The Kier molecular flexibility index (Phi) is 6.57. The summed E-state index contributed by atoms with van der Waals surface area (Å²) in [6.07, 6.45) is 3.00. The van der Waals surface area contributed by atoms with Gasteiger partial charge in [0, 0.05) is 13.1 Å². The predicted molar refractivity (Wildman–Crippen MR) is 64.5 cm³/mol. The van der Waals surface area contributed by atoms with Crippen LogP contribution in [0.1, 0.15) is 47.0 Å². The number of nitrogens with one attached hydrogen (secondary N) is 1. The van der Waals surface area contributed by atoms with Gasteiger partial charge in [0.1, 0.15) is 0 Å². The van der Waals surface area contributed by atoms with Crippen molar-refractivity contribution in [3.63, 3.8) is 0 Å². The minimum absolute atomic E-state index is 0.0938. The molecular weight excluding hydrogens is 188 g/mol. The Morgan fingerprint density at radius 1 is 1.47 bits per heavy atom. The van der Waals surface area contributed by atoms with Crippen LogP contribution in [0.3, 0.4) is 0 Å². The van der Waals surface area contributed by atoms with Crippen LogP contribution in [-0.4, -0.2) is 19.0 Å². The number of amides is 1. The third kappa shape index (κ3) is 5.17. The van der Waals surface area contributed by atoms with Gasteiger partial charge in [-0.3, -0.25) is 4.79 Å². The molecule has 0 saturated carbocycles. The summed E-state index contributed by atoms with van der Waals surface area (Å²) in [6.45, 7) is 9.49. The largest absolute Gasteiger partial charge is 0.356 e. The highest BCUT2D eigenvalue weighted by atomic mass is 16.2. The topological polar surface area (TPSA) is 55.1 Å². The first-order valence-electron chi connectivity index (χ1n) is 5.94. The molecule has 0 aliphatic carbocycles. The first-order chi connectivity index (χ1) is 6.96. The quantitative estimate of drug-likeness (QED) is 0.636. The highest BCUT2D eigenvalue weighted by Crippen LogP contribution is 2.18. The zero-order valence-electron chi connectivity index (χ0n) is 10.6. The van der Waals surface area contributed by atoms with Crippen LogP contribution < -0.4 is 11.1 Å². The zero-order chi connectivity index (χ0) is 11.9. The highest BCUT2D eigenvalue weighted by Gasteiger charge is 2.28. The third-order valence-corrected chi connectivity index (χ3v) is 3.02. The fraction of sp³-hybridized carbons (Fsp3) is 0.917. The molecule has 1 atom stereocenters. The second-order valence-electron chi connectivity index (χ2n) is 4.91. The van der Waals surface area contributed by atoms with Crippen molar-refractivity contribution in [1.82, 2.24) is 5.32 Å². The molecule has 1 unspecified atom stereocenters. The Labute approximate surface area is 93.8 Å². The molecule has 0 spiro atoms. The van der Waals surface area contributed by atoms with Crippen molar-refractivity contribution >= 4 is 5.91 Å². The molecule has 0 rings (SSSR count). The minimum atomic E-state index is -0.391. The van der Waals surface area contributed by atoms with E-state index in [1.54, 1.807) is 0 Å². The molecular formula is C12H26N2O. The molecule has 90 valence electrons. The molecule has 0 heterocycles. The van der Waals surface area contributed by atoms with Crippen LogP contribution in [0.15, 0.2) is 0 Å². The second kappa shape index (κ2) is 6.83. The molecule has 0 saturated heterocycles. The summed E-state index contributed by atoms with van der Waals surface area (Å²) in [4.78, 5) is 11.8. The van der Waals surface area contributed by atoms with E-state index in [1.807, 2.05) is 13.8 Å². The van der Waals surface area contributed by atoms with E-state index in [4.69, 9.17) is 5.73 Å². The smallest absolute Gasteiger partial charge is 0.227 e. The Hall–Kier alpha value is -0.570. The molecule has 3 nitrogen and oxygen atoms in total. The molecule has 3 N–H and O–H groups in total. The van der Waals surface area contributed by atoms with Crippen molar-refractivity contribution < 1.29 is 4.79 Å². The average molecular weight is 214 g/mol. The molecule has 3 heteroatoms. The van der Waals surface area contributed by atoms with Crippen molar-refractivity contribution in [3.05, 3.63) is 0 Å². The van der Waals surface area contributed by atoms with Crippen LogP contribution in [0, 0.1) is 11.3 Å². The van der Waals surface area contributed by atoms with Crippen molar-refractivity contribution in [2.24, 2.45) is 17.1 Å². The van der Waals surface area contributed by atoms with Gasteiger partial charge in [0.2, 0.25) is 5.91 Å². The highest BCUT2D eigenvalue weighted by molar-refractivity contribution is 5.82. The van der Waals surface area contributed by atoms with Gasteiger partial charge in [-0.05, 0) is 32.1 Å². The molecule has 0 aliphatic heterocycles. The summed E-state index contributed by atoms with van der Waals surface area (Å²) in [5.74, 6) is 0.797. The molecule has 0 aromatic heterocycles. The monoisotopic (exact) mass is 214 g/mol. The van der Waals surface area contributed by atoms with Crippen LogP contribution in [0.5, 0.6) is 0 Å². The van der Waals surface area contributed by atoms with Gasteiger partial charge in [0.25, 0.3) is 0 Å². The maximum atomic E-state index is 11.8. The number of hydrogen-bond donors (Lipinski definition) is 2. The molecule has 0 fully saturated rings. The Morgan fingerprint density at radius 3 is 2.47 bits per heavy atom. The van der Waals surface area contributed by atoms with Crippen LogP contribution in [0.4, 0.5) is 0 Å². The van der Waals surface area contributed by atoms with E-state index in [0.717, 1.165) is 25.8 Å². The van der Waals surface area contributed by atoms with Gasteiger partial charge in [-0.2, -0.15) is 0 Å². The van der Waals surface area contributed by atoms with Gasteiger partial charge in [-0.15, -0.1) is 0 Å². The lowest BCUT2D eigenvalue weighted by Gasteiger charge is -2.25. The number of carbonyl (C=O) groups is 1. The number of hydrogen-bond acceptors (Lipinski definition) is 2. The standard InChI is InChI=1S/C12H26N2O/c1-5-12(4,9-13)11(15)14-8-6-7-10(2)3/h10H,5-9,13H2,1-4H3,(H,14,15). The molecule has 0 radical (unpaired) electrons. The maximum Gasteiger partial charge on any atom is 0.227 e. The Bertz CT molecular complexity index is 186. The molecule has 0 bridgehead atoms. The van der Waals surface area contributed by atoms with Crippen LogP contribution in [0.2, 0.25) is 0 Å². The summed E-state index contributed by atoms with van der Waals surface area (Å²) in [5.41, 5.74) is 5.22. The number of nitrogens with two attached hydrogens (primary N) is 1. The molecule has 0 aromatic rings. The summed E-state index contributed by atoms with van der Waals surface area (Å²) in [5, 5.41) is 2.96. The SMILES string of the molecule is CCC(C)(CN)C(=O)NCCCC(C)C. The lowest BCUT2D eigenvalue weighted by atomic mass is 9.86. The number of rotatable bonds is 7. The van der Waals surface area contributed by atoms with Crippen molar-refractivity contribution in [3.8, 4) is 0 Å². The fourth-order valence-electron chi connectivity index (χ4n) is 1.32. The van der Waals surface area contributed by atoms with Gasteiger partial charge >= 0.3 is 0 Å². The van der Waals surface area contributed by atoms with Crippen molar-refractivity contribution in [2.75, 3.05) is 13.1 Å². The van der Waals surface area contributed by atoms with Crippen LogP contribution in [-0.2, 0) is 4.79 Å². The minimum Gasteiger partial charge on any atom is -0.356 e. The normalized spacial score (nSPS) is 15.1. The van der Waals surface area contributed by atoms with Gasteiger partial charge in [-0.25, -0.2) is 0 Å². The Balaban J connectivity index is 3.82. The summed E-state index contributed by atoms with van der Waals surface area (Å²) < 4.78 is 0. The van der Waals surface area contributed by atoms with E-state index in [-0.39, 0.29) is 5.91 Å². The van der Waals surface area contributed by atoms with Crippen molar-refractivity contribution in [2.45, 2.75) is 47.0 Å². The predicted octanol–water partition coefficient (Wildman–Crippen LogP) is 1.91. The second-order valence-corrected chi connectivity index (χ2v) is 4.91. The van der Waals surface area contributed by atoms with E-state index in [9.17, 15) is 4.79 Å². The van der Waals surface area contributed by atoms with E-state index >= 15 is 0 Å². The molecule has 0 aliphatic rings. The average Bonchev–Trinajstić information content (AvgIpc) is 2.22. The van der Waals surface area contributed by atoms with E-state index < -0.39 is 5.41 Å². The van der Waals surface area contributed by atoms with E-state index in [0.29, 0.717) is 12.5 Å². The summed E-state index contributed by atoms with van der Waals surface area (Å²) in [7, 11) is 0. The van der Waals surface area contributed by atoms with Gasteiger partial charge in [0.15, 0.2) is 0 Å². The molecule has 0 aromatic carbocycles. The van der Waals surface area contributed by atoms with Crippen molar-refractivity contribution in [1.29, 1.82) is 0 Å². The van der Waals surface area contributed by atoms with Gasteiger partial charge < -0.3 is 11.1 Å². The maximum absolute atomic E-state index is 11.8. The first kappa shape index (κ1) is 14.4. The lowest BCUT2D eigenvalue weighted by Crippen LogP contribution is -2.43. The third-order valence-electron chi connectivity index (χ3n) is 3.02. The molecule has 15 heavy (non-hydrogen) atoms. The first-order valence-corrected chi connectivity index (χ1v) is 5.94. The summed E-state index contributed by atoms with van der Waals surface area (Å²) in [6, 6.07) is 0. The van der Waals surface area contributed by atoms with E-state index in [1.165, 1.54) is 0 Å². The Morgan fingerprint density at radius 2 is 2.07 bits per heavy atom.